The SMILES string of the molecule is NCCN1CCC2(CCCCCC2)C1. The summed E-state index contributed by atoms with van der Waals surface area (Å²) in [4.78, 5) is 2.57. The van der Waals surface area contributed by atoms with Gasteiger partial charge in [0.2, 0.25) is 0 Å². The molecule has 0 aromatic rings. The molecule has 2 heteroatoms. The van der Waals surface area contributed by atoms with E-state index in [-0.39, 0.29) is 0 Å². The maximum absolute atomic E-state index is 5.62. The summed E-state index contributed by atoms with van der Waals surface area (Å²) < 4.78 is 0. The molecule has 82 valence electrons. The highest BCUT2D eigenvalue weighted by Gasteiger charge is 2.37. The Bertz CT molecular complexity index is 171. The van der Waals surface area contributed by atoms with Crippen molar-refractivity contribution in [1.82, 2.24) is 4.90 Å². The molecule has 0 unspecified atom stereocenters. The van der Waals surface area contributed by atoms with E-state index in [9.17, 15) is 0 Å². The second-order valence-electron chi connectivity index (χ2n) is 5.23. The van der Waals surface area contributed by atoms with E-state index >= 15 is 0 Å². The molecule has 1 aliphatic carbocycles. The zero-order valence-electron chi connectivity index (χ0n) is 9.30. The lowest BCUT2D eigenvalue weighted by molar-refractivity contribution is 0.231. The molecular formula is C12H24N2. The quantitative estimate of drug-likeness (QED) is 0.732. The molecule has 14 heavy (non-hydrogen) atoms. The third-order valence-corrected chi connectivity index (χ3v) is 4.13. The van der Waals surface area contributed by atoms with E-state index in [0.717, 1.165) is 13.1 Å². The molecule has 0 aromatic heterocycles. The molecule has 2 aliphatic rings. The van der Waals surface area contributed by atoms with Crippen LogP contribution in [0.5, 0.6) is 0 Å². The van der Waals surface area contributed by atoms with Crippen LogP contribution >= 0.6 is 0 Å². The third kappa shape index (κ3) is 2.29. The number of nitrogens with zero attached hydrogens (tertiary/aromatic N) is 1. The Hall–Kier alpha value is -0.0800. The second-order valence-corrected chi connectivity index (χ2v) is 5.23. The van der Waals surface area contributed by atoms with E-state index in [1.807, 2.05) is 0 Å². The number of rotatable bonds is 2. The van der Waals surface area contributed by atoms with Gasteiger partial charge in [-0.25, -0.2) is 0 Å². The van der Waals surface area contributed by atoms with Crippen molar-refractivity contribution in [2.75, 3.05) is 26.2 Å². The van der Waals surface area contributed by atoms with Crippen LogP contribution in [0.4, 0.5) is 0 Å². The summed E-state index contributed by atoms with van der Waals surface area (Å²) in [6.07, 6.45) is 10.3. The molecule has 2 nitrogen and oxygen atoms in total. The predicted molar refractivity (Wildman–Crippen MR) is 60.2 cm³/mol. The Kier molecular flexibility index (Phi) is 3.45. The minimum Gasteiger partial charge on any atom is -0.329 e. The number of hydrogen-bond acceptors (Lipinski definition) is 2. The van der Waals surface area contributed by atoms with Crippen molar-refractivity contribution in [1.29, 1.82) is 0 Å². The lowest BCUT2D eigenvalue weighted by Crippen LogP contribution is -2.30. The normalized spacial score (nSPS) is 28.1. The van der Waals surface area contributed by atoms with E-state index in [4.69, 9.17) is 5.73 Å². The van der Waals surface area contributed by atoms with Gasteiger partial charge >= 0.3 is 0 Å². The van der Waals surface area contributed by atoms with Gasteiger partial charge in [0.25, 0.3) is 0 Å². The van der Waals surface area contributed by atoms with Crippen molar-refractivity contribution < 1.29 is 0 Å². The highest BCUT2D eigenvalue weighted by molar-refractivity contribution is 4.90. The molecule has 1 heterocycles. The van der Waals surface area contributed by atoms with Crippen molar-refractivity contribution in [3.63, 3.8) is 0 Å². The summed E-state index contributed by atoms with van der Waals surface area (Å²) in [6.45, 7) is 4.58. The Morgan fingerprint density at radius 3 is 2.36 bits per heavy atom. The van der Waals surface area contributed by atoms with Crippen LogP contribution in [0.3, 0.4) is 0 Å². The molecule has 2 rings (SSSR count). The van der Waals surface area contributed by atoms with Gasteiger partial charge in [-0.2, -0.15) is 0 Å². The van der Waals surface area contributed by atoms with E-state index in [0.29, 0.717) is 5.41 Å². The Balaban J connectivity index is 1.89. The van der Waals surface area contributed by atoms with Crippen LogP contribution in [0.25, 0.3) is 0 Å². The highest BCUT2D eigenvalue weighted by atomic mass is 15.2. The van der Waals surface area contributed by atoms with Crippen LogP contribution in [0.2, 0.25) is 0 Å². The van der Waals surface area contributed by atoms with Crippen LogP contribution in [0.15, 0.2) is 0 Å². The Labute approximate surface area is 87.8 Å². The summed E-state index contributed by atoms with van der Waals surface area (Å²) in [6, 6.07) is 0. The van der Waals surface area contributed by atoms with E-state index in [1.165, 1.54) is 58.0 Å². The molecule has 0 radical (unpaired) electrons. The molecule has 0 aromatic carbocycles. The van der Waals surface area contributed by atoms with Crippen LogP contribution in [-0.4, -0.2) is 31.1 Å². The molecule has 2 fully saturated rings. The second kappa shape index (κ2) is 4.63. The molecule has 1 saturated carbocycles. The standard InChI is InChI=1S/C12H24N2/c13-8-10-14-9-7-12(11-14)5-3-1-2-4-6-12/h1-11,13H2. The number of likely N-dealkylation sites (tertiary alicyclic amines) is 1. The first kappa shape index (κ1) is 10.4. The first-order valence-corrected chi connectivity index (χ1v) is 6.27. The largest absolute Gasteiger partial charge is 0.329 e. The summed E-state index contributed by atoms with van der Waals surface area (Å²) in [5, 5.41) is 0. The molecule has 1 spiro atoms. The van der Waals surface area contributed by atoms with Gasteiger partial charge in [-0.1, -0.05) is 25.7 Å². The van der Waals surface area contributed by atoms with Gasteiger partial charge in [0.15, 0.2) is 0 Å². The van der Waals surface area contributed by atoms with Crippen LogP contribution in [-0.2, 0) is 0 Å². The molecular weight excluding hydrogens is 172 g/mol. The smallest absolute Gasteiger partial charge is 0.0105 e. The molecule has 2 N–H and O–H groups in total. The highest BCUT2D eigenvalue weighted by Crippen LogP contribution is 2.42. The summed E-state index contributed by atoms with van der Waals surface area (Å²) in [5.41, 5.74) is 6.32. The zero-order valence-corrected chi connectivity index (χ0v) is 9.30. The maximum atomic E-state index is 5.62. The van der Waals surface area contributed by atoms with Gasteiger partial charge in [-0.05, 0) is 31.2 Å². The average Bonchev–Trinajstić information content (AvgIpc) is 2.43. The zero-order chi connectivity index (χ0) is 9.86. The molecule has 0 atom stereocenters. The number of hydrogen-bond donors (Lipinski definition) is 1. The number of nitrogens with two attached hydrogens (primary N) is 1. The summed E-state index contributed by atoms with van der Waals surface area (Å²) in [5.74, 6) is 0. The third-order valence-electron chi connectivity index (χ3n) is 4.13. The molecule has 1 saturated heterocycles. The average molecular weight is 196 g/mol. The first-order chi connectivity index (χ1) is 6.85. The van der Waals surface area contributed by atoms with E-state index in [2.05, 4.69) is 4.90 Å². The summed E-state index contributed by atoms with van der Waals surface area (Å²) in [7, 11) is 0. The minimum absolute atomic E-state index is 0.700. The van der Waals surface area contributed by atoms with Crippen molar-refractivity contribution in [3.05, 3.63) is 0 Å². The van der Waals surface area contributed by atoms with E-state index in [1.54, 1.807) is 0 Å². The van der Waals surface area contributed by atoms with Crippen LogP contribution in [0.1, 0.15) is 44.9 Å². The van der Waals surface area contributed by atoms with Gasteiger partial charge in [0.1, 0.15) is 0 Å². The molecule has 1 aliphatic heterocycles. The topological polar surface area (TPSA) is 29.3 Å². The van der Waals surface area contributed by atoms with Gasteiger partial charge in [0, 0.05) is 19.6 Å². The Morgan fingerprint density at radius 2 is 1.71 bits per heavy atom. The van der Waals surface area contributed by atoms with Gasteiger partial charge in [-0.3, -0.25) is 0 Å². The summed E-state index contributed by atoms with van der Waals surface area (Å²) >= 11 is 0. The Morgan fingerprint density at radius 1 is 1.00 bits per heavy atom. The van der Waals surface area contributed by atoms with Crippen molar-refractivity contribution in [2.45, 2.75) is 44.9 Å². The van der Waals surface area contributed by atoms with Gasteiger partial charge < -0.3 is 10.6 Å². The maximum Gasteiger partial charge on any atom is 0.0105 e. The van der Waals surface area contributed by atoms with Crippen LogP contribution in [0, 0.1) is 5.41 Å². The van der Waals surface area contributed by atoms with Crippen molar-refractivity contribution in [2.24, 2.45) is 11.1 Å². The predicted octanol–water partition coefficient (Wildman–Crippen LogP) is 1.99. The van der Waals surface area contributed by atoms with Crippen molar-refractivity contribution >= 4 is 0 Å². The monoisotopic (exact) mass is 196 g/mol. The van der Waals surface area contributed by atoms with E-state index < -0.39 is 0 Å². The van der Waals surface area contributed by atoms with Crippen molar-refractivity contribution in [3.8, 4) is 0 Å². The van der Waals surface area contributed by atoms with Crippen LogP contribution < -0.4 is 5.73 Å². The minimum atomic E-state index is 0.700. The lowest BCUT2D eigenvalue weighted by atomic mass is 9.80. The fraction of sp³-hybridized carbons (Fsp3) is 1.00. The fourth-order valence-corrected chi connectivity index (χ4v) is 3.29. The van der Waals surface area contributed by atoms with Gasteiger partial charge in [0.05, 0.1) is 0 Å². The van der Waals surface area contributed by atoms with Gasteiger partial charge in [-0.15, -0.1) is 0 Å². The molecule has 0 bridgehead atoms. The first-order valence-electron chi connectivity index (χ1n) is 6.27. The molecule has 0 amide bonds. The lowest BCUT2D eigenvalue weighted by Gasteiger charge is -2.27. The fourth-order valence-electron chi connectivity index (χ4n) is 3.29.